The van der Waals surface area contributed by atoms with Crippen LogP contribution in [0.1, 0.15) is 18.4 Å². The van der Waals surface area contributed by atoms with Crippen LogP contribution in [0.15, 0.2) is 30.3 Å². The highest BCUT2D eigenvalue weighted by Gasteiger charge is 1.97. The summed E-state index contributed by atoms with van der Waals surface area (Å²) in [4.78, 5) is 0. The molecule has 0 radical (unpaired) electrons. The number of rotatable bonds is 4. The fourth-order valence-electron chi connectivity index (χ4n) is 1.11. The van der Waals surface area contributed by atoms with Gasteiger partial charge in [-0.2, -0.15) is 0 Å². The second-order valence-electron chi connectivity index (χ2n) is 2.77. The SMILES string of the molecule is IC(I)CCCc1ccccc1. The summed E-state index contributed by atoms with van der Waals surface area (Å²) in [5.74, 6) is 0. The molecule has 0 amide bonds. The van der Waals surface area contributed by atoms with Gasteiger partial charge in [-0.15, -0.1) is 0 Å². The molecule has 0 nitrogen and oxygen atoms in total. The Morgan fingerprint density at radius 1 is 1.08 bits per heavy atom. The lowest BCUT2D eigenvalue weighted by atomic mass is 10.1. The van der Waals surface area contributed by atoms with Crippen LogP contribution in [0.25, 0.3) is 0 Å². The third kappa shape index (κ3) is 4.64. The molecule has 12 heavy (non-hydrogen) atoms. The normalized spacial score (nSPS) is 10.6. The van der Waals surface area contributed by atoms with E-state index in [2.05, 4.69) is 75.5 Å². The first-order valence-electron chi connectivity index (χ1n) is 4.11. The molecule has 0 unspecified atom stereocenters. The molecule has 0 atom stereocenters. The minimum atomic E-state index is 0.781. The second-order valence-corrected chi connectivity index (χ2v) is 8.16. The van der Waals surface area contributed by atoms with Gasteiger partial charge in [0, 0.05) is 0 Å². The van der Waals surface area contributed by atoms with E-state index in [0.717, 1.165) is 1.93 Å². The lowest BCUT2D eigenvalue weighted by Crippen LogP contribution is -1.89. The molecule has 0 bridgehead atoms. The minimum Gasteiger partial charge on any atom is -0.0710 e. The first-order chi connectivity index (χ1) is 5.79. The maximum Gasteiger partial charge on any atom is 0.0626 e. The number of benzene rings is 1. The Kier molecular flexibility index (Phi) is 5.54. The molecule has 2 heteroatoms. The van der Waals surface area contributed by atoms with Gasteiger partial charge in [0.2, 0.25) is 0 Å². The molecular formula is C10H12I2. The molecule has 0 spiro atoms. The van der Waals surface area contributed by atoms with Crippen LogP contribution in [0.5, 0.6) is 0 Å². The molecule has 0 N–H and O–H groups in total. The molecule has 0 heterocycles. The summed E-state index contributed by atoms with van der Waals surface area (Å²) in [5.41, 5.74) is 1.46. The Balaban J connectivity index is 2.25. The van der Waals surface area contributed by atoms with Crippen molar-refractivity contribution in [2.45, 2.75) is 21.2 Å². The van der Waals surface area contributed by atoms with Gasteiger partial charge in [-0.05, 0) is 24.8 Å². The number of hydrogen-bond donors (Lipinski definition) is 0. The molecule has 0 saturated heterocycles. The number of aryl methyl sites for hydroxylation is 1. The van der Waals surface area contributed by atoms with Crippen molar-refractivity contribution >= 4 is 45.2 Å². The van der Waals surface area contributed by atoms with Crippen LogP contribution >= 0.6 is 45.2 Å². The summed E-state index contributed by atoms with van der Waals surface area (Å²) < 4.78 is 0.781. The average molecular weight is 386 g/mol. The van der Waals surface area contributed by atoms with E-state index in [-0.39, 0.29) is 0 Å². The van der Waals surface area contributed by atoms with Gasteiger partial charge in [0.15, 0.2) is 0 Å². The summed E-state index contributed by atoms with van der Waals surface area (Å²) >= 11 is 4.94. The first kappa shape index (κ1) is 10.8. The first-order valence-corrected chi connectivity index (χ1v) is 6.60. The van der Waals surface area contributed by atoms with Crippen LogP contribution < -0.4 is 0 Å². The van der Waals surface area contributed by atoms with E-state index in [0.29, 0.717) is 0 Å². The Morgan fingerprint density at radius 3 is 2.33 bits per heavy atom. The summed E-state index contributed by atoms with van der Waals surface area (Å²) in [7, 11) is 0. The average Bonchev–Trinajstić information content (AvgIpc) is 2.05. The van der Waals surface area contributed by atoms with Crippen molar-refractivity contribution in [3.63, 3.8) is 0 Å². The maximum atomic E-state index is 2.47. The van der Waals surface area contributed by atoms with Crippen molar-refractivity contribution in [3.8, 4) is 0 Å². The van der Waals surface area contributed by atoms with Gasteiger partial charge in [0.05, 0.1) is 1.93 Å². The molecule has 0 aliphatic heterocycles. The Morgan fingerprint density at radius 2 is 1.75 bits per heavy atom. The summed E-state index contributed by atoms with van der Waals surface area (Å²) in [5, 5.41) is 0. The van der Waals surface area contributed by atoms with E-state index >= 15 is 0 Å². The van der Waals surface area contributed by atoms with Crippen LogP contribution in [0, 0.1) is 0 Å². The number of halogens is 2. The van der Waals surface area contributed by atoms with Crippen LogP contribution in [0.3, 0.4) is 0 Å². The largest absolute Gasteiger partial charge is 0.0710 e. The number of hydrogen-bond acceptors (Lipinski definition) is 0. The van der Waals surface area contributed by atoms with Crippen molar-refractivity contribution in [2.24, 2.45) is 0 Å². The zero-order valence-electron chi connectivity index (χ0n) is 6.84. The smallest absolute Gasteiger partial charge is 0.0626 e. The minimum absolute atomic E-state index is 0.781. The van der Waals surface area contributed by atoms with E-state index in [1.807, 2.05) is 0 Å². The third-order valence-corrected chi connectivity index (χ3v) is 2.98. The Labute approximate surface area is 101 Å². The fourth-order valence-corrected chi connectivity index (χ4v) is 1.99. The third-order valence-electron chi connectivity index (χ3n) is 1.73. The molecule has 1 rings (SSSR count). The molecule has 0 aromatic heterocycles. The van der Waals surface area contributed by atoms with Crippen LogP contribution in [-0.4, -0.2) is 1.93 Å². The lowest BCUT2D eigenvalue weighted by Gasteiger charge is -2.01. The van der Waals surface area contributed by atoms with Gasteiger partial charge in [0.1, 0.15) is 0 Å². The Hall–Kier alpha value is 0.680. The van der Waals surface area contributed by atoms with E-state index in [1.54, 1.807) is 0 Å². The van der Waals surface area contributed by atoms with E-state index in [1.165, 1.54) is 24.8 Å². The molecule has 66 valence electrons. The molecule has 0 aliphatic carbocycles. The van der Waals surface area contributed by atoms with Crippen LogP contribution in [0.2, 0.25) is 0 Å². The summed E-state index contributed by atoms with van der Waals surface area (Å²) in [6.45, 7) is 0. The molecule has 1 aromatic carbocycles. The van der Waals surface area contributed by atoms with Crippen LogP contribution in [0.4, 0.5) is 0 Å². The van der Waals surface area contributed by atoms with E-state index in [9.17, 15) is 0 Å². The van der Waals surface area contributed by atoms with E-state index in [4.69, 9.17) is 0 Å². The van der Waals surface area contributed by atoms with Gasteiger partial charge >= 0.3 is 0 Å². The predicted molar refractivity (Wildman–Crippen MR) is 71.2 cm³/mol. The standard InChI is InChI=1S/C10H12I2/c11-10(12)8-4-7-9-5-2-1-3-6-9/h1-3,5-6,10H,4,7-8H2. The highest BCUT2D eigenvalue weighted by Crippen LogP contribution is 2.17. The monoisotopic (exact) mass is 386 g/mol. The highest BCUT2D eigenvalue weighted by atomic mass is 127. The van der Waals surface area contributed by atoms with Crippen molar-refractivity contribution in [1.82, 2.24) is 0 Å². The fraction of sp³-hybridized carbons (Fsp3) is 0.400. The van der Waals surface area contributed by atoms with Gasteiger partial charge in [0.25, 0.3) is 0 Å². The summed E-state index contributed by atoms with van der Waals surface area (Å²) in [6.07, 6.45) is 3.85. The van der Waals surface area contributed by atoms with Crippen molar-refractivity contribution in [2.75, 3.05) is 0 Å². The van der Waals surface area contributed by atoms with Gasteiger partial charge in [-0.25, -0.2) is 0 Å². The zero-order valence-corrected chi connectivity index (χ0v) is 11.2. The molecule has 0 aliphatic rings. The van der Waals surface area contributed by atoms with Gasteiger partial charge in [-0.3, -0.25) is 0 Å². The molecule has 0 saturated carbocycles. The van der Waals surface area contributed by atoms with Crippen molar-refractivity contribution in [3.05, 3.63) is 35.9 Å². The maximum absolute atomic E-state index is 2.47. The predicted octanol–water partition coefficient (Wildman–Crippen LogP) is 4.21. The molecule has 1 aromatic rings. The molecule has 0 fully saturated rings. The highest BCUT2D eigenvalue weighted by molar-refractivity contribution is 14.2. The molecular weight excluding hydrogens is 374 g/mol. The Bertz CT molecular complexity index is 206. The zero-order chi connectivity index (χ0) is 8.81. The quantitative estimate of drug-likeness (QED) is 0.538. The van der Waals surface area contributed by atoms with Crippen molar-refractivity contribution in [1.29, 1.82) is 0 Å². The van der Waals surface area contributed by atoms with Crippen molar-refractivity contribution < 1.29 is 0 Å². The lowest BCUT2D eigenvalue weighted by molar-refractivity contribution is 0.802. The summed E-state index contributed by atoms with van der Waals surface area (Å²) in [6, 6.07) is 10.7. The number of alkyl halides is 2. The topological polar surface area (TPSA) is 0 Å². The van der Waals surface area contributed by atoms with Crippen LogP contribution in [-0.2, 0) is 6.42 Å². The second kappa shape index (κ2) is 6.18. The van der Waals surface area contributed by atoms with E-state index < -0.39 is 0 Å². The van der Waals surface area contributed by atoms with Gasteiger partial charge < -0.3 is 0 Å². The van der Waals surface area contributed by atoms with Gasteiger partial charge in [-0.1, -0.05) is 75.5 Å².